The number of benzene rings is 2. The monoisotopic (exact) mass is 353 g/mol. The third-order valence-corrected chi connectivity index (χ3v) is 4.30. The first-order valence-electron chi connectivity index (χ1n) is 8.27. The molecule has 26 heavy (non-hydrogen) atoms. The molecular weight excluding hydrogens is 330 g/mol. The minimum absolute atomic E-state index is 0.577. The van der Waals surface area contributed by atoms with Gasteiger partial charge in [0, 0.05) is 24.7 Å². The highest BCUT2D eigenvalue weighted by Gasteiger charge is 2.12. The van der Waals surface area contributed by atoms with Gasteiger partial charge in [-0.25, -0.2) is 4.98 Å². The van der Waals surface area contributed by atoms with Crippen molar-refractivity contribution in [1.29, 1.82) is 0 Å². The number of rotatable bonds is 7. The van der Waals surface area contributed by atoms with Crippen LogP contribution in [0.4, 0.5) is 5.95 Å². The van der Waals surface area contributed by atoms with Crippen molar-refractivity contribution in [2.45, 2.75) is 6.54 Å². The Bertz CT molecular complexity index is 873. The number of imidazole rings is 1. The summed E-state index contributed by atoms with van der Waals surface area (Å²) >= 11 is 0. The molecule has 2 aromatic carbocycles. The molecule has 0 atom stereocenters. The number of hydrogen-bond donors (Lipinski definition) is 1. The largest absolute Gasteiger partial charge is 0.497 e. The zero-order valence-electron chi connectivity index (χ0n) is 15.4. The summed E-state index contributed by atoms with van der Waals surface area (Å²) in [6.07, 6.45) is 1.85. The lowest BCUT2D eigenvalue weighted by Gasteiger charge is -2.14. The van der Waals surface area contributed by atoms with Crippen LogP contribution >= 0.6 is 0 Å². The van der Waals surface area contributed by atoms with E-state index in [-0.39, 0.29) is 0 Å². The molecule has 0 spiro atoms. The van der Waals surface area contributed by atoms with Crippen LogP contribution in [-0.2, 0) is 13.6 Å². The number of para-hydroxylation sites is 1. The number of methoxy groups -OCH3 is 3. The van der Waals surface area contributed by atoms with Crippen molar-refractivity contribution >= 4 is 5.95 Å². The van der Waals surface area contributed by atoms with Gasteiger partial charge in [0.05, 0.1) is 33.2 Å². The van der Waals surface area contributed by atoms with Crippen molar-refractivity contribution < 1.29 is 14.2 Å². The second kappa shape index (κ2) is 7.82. The Kier molecular flexibility index (Phi) is 5.31. The molecule has 3 aromatic rings. The molecule has 0 aliphatic carbocycles. The van der Waals surface area contributed by atoms with Crippen LogP contribution in [0.3, 0.4) is 0 Å². The topological polar surface area (TPSA) is 57.5 Å². The van der Waals surface area contributed by atoms with E-state index in [9.17, 15) is 0 Å². The number of hydrogen-bond acceptors (Lipinski definition) is 5. The maximum absolute atomic E-state index is 5.48. The summed E-state index contributed by atoms with van der Waals surface area (Å²) in [7, 11) is 6.92. The van der Waals surface area contributed by atoms with Gasteiger partial charge < -0.3 is 24.1 Å². The van der Waals surface area contributed by atoms with Gasteiger partial charge in [-0.2, -0.15) is 0 Å². The summed E-state index contributed by atoms with van der Waals surface area (Å²) in [4.78, 5) is 4.50. The Morgan fingerprint density at radius 1 is 0.962 bits per heavy atom. The van der Waals surface area contributed by atoms with Crippen molar-refractivity contribution in [3.8, 4) is 28.5 Å². The zero-order chi connectivity index (χ0) is 18.5. The van der Waals surface area contributed by atoms with Crippen molar-refractivity contribution in [2.24, 2.45) is 7.05 Å². The SMILES string of the molecule is COc1ccc(-c2cnc(NCc3cccc(OC)c3OC)n2C)cc1. The zero-order valence-corrected chi connectivity index (χ0v) is 15.4. The number of anilines is 1. The van der Waals surface area contributed by atoms with Gasteiger partial charge in [0.2, 0.25) is 5.95 Å². The van der Waals surface area contributed by atoms with Crippen molar-refractivity contribution in [3.63, 3.8) is 0 Å². The lowest BCUT2D eigenvalue weighted by molar-refractivity contribution is 0.352. The summed E-state index contributed by atoms with van der Waals surface area (Å²) in [5.41, 5.74) is 3.10. The van der Waals surface area contributed by atoms with Crippen molar-refractivity contribution in [1.82, 2.24) is 9.55 Å². The molecule has 0 unspecified atom stereocenters. The van der Waals surface area contributed by atoms with Gasteiger partial charge in [0.25, 0.3) is 0 Å². The molecule has 136 valence electrons. The van der Waals surface area contributed by atoms with Crippen LogP contribution in [0.2, 0.25) is 0 Å². The summed E-state index contributed by atoms with van der Waals surface area (Å²) in [6, 6.07) is 13.7. The summed E-state index contributed by atoms with van der Waals surface area (Å²) in [5, 5.41) is 3.36. The first kappa shape index (κ1) is 17.7. The fourth-order valence-electron chi connectivity index (χ4n) is 2.87. The van der Waals surface area contributed by atoms with Crippen LogP contribution in [0.15, 0.2) is 48.7 Å². The van der Waals surface area contributed by atoms with E-state index >= 15 is 0 Å². The molecule has 0 bridgehead atoms. The van der Waals surface area contributed by atoms with Gasteiger partial charge in [0.1, 0.15) is 5.75 Å². The molecule has 0 saturated heterocycles. The molecule has 3 rings (SSSR count). The molecule has 6 heteroatoms. The fraction of sp³-hybridized carbons (Fsp3) is 0.250. The lowest BCUT2D eigenvalue weighted by Crippen LogP contribution is -2.07. The van der Waals surface area contributed by atoms with Crippen LogP contribution in [0, 0.1) is 0 Å². The molecule has 1 aromatic heterocycles. The van der Waals surface area contributed by atoms with Crippen LogP contribution in [0.25, 0.3) is 11.3 Å². The van der Waals surface area contributed by atoms with Crippen LogP contribution in [0.1, 0.15) is 5.56 Å². The number of ether oxygens (including phenoxy) is 3. The molecular formula is C20H23N3O3. The highest BCUT2D eigenvalue weighted by molar-refractivity contribution is 5.62. The normalized spacial score (nSPS) is 10.5. The molecule has 0 aliphatic heterocycles. The van der Waals surface area contributed by atoms with E-state index in [1.165, 1.54) is 0 Å². The standard InChI is InChI=1S/C20H23N3O3/c1-23-17(14-8-10-16(24-2)11-9-14)13-22-20(23)21-12-15-6-5-7-18(25-3)19(15)26-4/h5-11,13H,12H2,1-4H3,(H,21,22). The van der Waals surface area contributed by atoms with E-state index in [1.54, 1.807) is 21.3 Å². The molecule has 6 nitrogen and oxygen atoms in total. The Balaban J connectivity index is 1.79. The van der Waals surface area contributed by atoms with Gasteiger partial charge in [-0.15, -0.1) is 0 Å². The third-order valence-electron chi connectivity index (χ3n) is 4.30. The first-order valence-corrected chi connectivity index (χ1v) is 8.27. The maximum Gasteiger partial charge on any atom is 0.203 e. The Hall–Kier alpha value is -3.15. The fourth-order valence-corrected chi connectivity index (χ4v) is 2.87. The first-order chi connectivity index (χ1) is 12.7. The van der Waals surface area contributed by atoms with E-state index in [2.05, 4.69) is 10.3 Å². The quantitative estimate of drug-likeness (QED) is 0.701. The molecule has 0 radical (unpaired) electrons. The minimum Gasteiger partial charge on any atom is -0.497 e. The second-order valence-electron chi connectivity index (χ2n) is 5.76. The van der Waals surface area contributed by atoms with E-state index in [0.717, 1.165) is 34.3 Å². The highest BCUT2D eigenvalue weighted by atomic mass is 16.5. The van der Waals surface area contributed by atoms with Gasteiger partial charge >= 0.3 is 0 Å². The lowest BCUT2D eigenvalue weighted by atomic mass is 10.1. The van der Waals surface area contributed by atoms with Crippen LogP contribution < -0.4 is 19.5 Å². The van der Waals surface area contributed by atoms with E-state index in [1.807, 2.05) is 60.3 Å². The van der Waals surface area contributed by atoms with Crippen molar-refractivity contribution in [2.75, 3.05) is 26.6 Å². The molecule has 0 aliphatic rings. The Labute approximate surface area is 153 Å². The molecule has 1 heterocycles. The van der Waals surface area contributed by atoms with E-state index in [4.69, 9.17) is 14.2 Å². The Morgan fingerprint density at radius 3 is 2.38 bits per heavy atom. The molecule has 0 saturated carbocycles. The van der Waals surface area contributed by atoms with Gasteiger partial charge in [-0.05, 0) is 30.3 Å². The highest BCUT2D eigenvalue weighted by Crippen LogP contribution is 2.31. The number of aromatic nitrogens is 2. The van der Waals surface area contributed by atoms with Gasteiger partial charge in [-0.3, -0.25) is 0 Å². The molecule has 1 N–H and O–H groups in total. The van der Waals surface area contributed by atoms with Crippen molar-refractivity contribution in [3.05, 3.63) is 54.2 Å². The smallest absolute Gasteiger partial charge is 0.203 e. The summed E-state index contributed by atoms with van der Waals surface area (Å²) < 4.78 is 18.1. The third kappa shape index (κ3) is 3.44. The maximum atomic E-state index is 5.48. The molecule has 0 amide bonds. The second-order valence-corrected chi connectivity index (χ2v) is 5.76. The summed E-state index contributed by atoms with van der Waals surface area (Å²) in [6.45, 7) is 0.577. The number of nitrogens with one attached hydrogen (secondary N) is 1. The molecule has 0 fully saturated rings. The van der Waals surface area contributed by atoms with Gasteiger partial charge in [-0.1, -0.05) is 12.1 Å². The average molecular weight is 353 g/mol. The van der Waals surface area contributed by atoms with E-state index < -0.39 is 0 Å². The van der Waals surface area contributed by atoms with Gasteiger partial charge in [0.15, 0.2) is 11.5 Å². The van der Waals surface area contributed by atoms with Crippen LogP contribution in [-0.4, -0.2) is 30.9 Å². The minimum atomic E-state index is 0.577. The predicted octanol–water partition coefficient (Wildman–Crippen LogP) is 3.73. The predicted molar refractivity (Wildman–Crippen MR) is 102 cm³/mol. The Morgan fingerprint density at radius 2 is 1.73 bits per heavy atom. The van der Waals surface area contributed by atoms with Crippen LogP contribution in [0.5, 0.6) is 17.2 Å². The summed E-state index contributed by atoms with van der Waals surface area (Å²) in [5.74, 6) is 3.05. The van der Waals surface area contributed by atoms with E-state index in [0.29, 0.717) is 12.3 Å². The average Bonchev–Trinajstić information content (AvgIpc) is 3.06. The number of nitrogens with zero attached hydrogens (tertiary/aromatic N) is 2.